The van der Waals surface area contributed by atoms with E-state index < -0.39 is 17.8 Å². The Morgan fingerprint density at radius 2 is 2.11 bits per heavy atom. The molecule has 0 aliphatic rings. The van der Waals surface area contributed by atoms with Gasteiger partial charge in [0.1, 0.15) is 11.9 Å². The number of amides is 2. The molecule has 1 aromatic rings. The molecule has 19 heavy (non-hydrogen) atoms. The van der Waals surface area contributed by atoms with Gasteiger partial charge in [-0.15, -0.1) is 0 Å². The Kier molecular flexibility index (Phi) is 5.40. The SMILES string of the molecule is COC(CN)C(=O)Nc1cc(NC(C)=O)ccc1F. The summed E-state index contributed by atoms with van der Waals surface area (Å²) in [4.78, 5) is 22.6. The number of nitrogens with one attached hydrogen (secondary N) is 2. The fourth-order valence-corrected chi connectivity index (χ4v) is 1.43. The van der Waals surface area contributed by atoms with Crippen LogP contribution in [0.4, 0.5) is 15.8 Å². The third-order valence-electron chi connectivity index (χ3n) is 2.34. The predicted octanol–water partition coefficient (Wildman–Crippen LogP) is 0.696. The largest absolute Gasteiger partial charge is 0.370 e. The van der Waals surface area contributed by atoms with Crippen LogP contribution < -0.4 is 16.4 Å². The quantitative estimate of drug-likeness (QED) is 0.733. The van der Waals surface area contributed by atoms with Gasteiger partial charge in [-0.05, 0) is 18.2 Å². The molecule has 0 radical (unpaired) electrons. The summed E-state index contributed by atoms with van der Waals surface area (Å²) in [6.45, 7) is 1.31. The van der Waals surface area contributed by atoms with E-state index in [2.05, 4.69) is 10.6 Å². The van der Waals surface area contributed by atoms with Crippen LogP contribution in [-0.2, 0) is 14.3 Å². The highest BCUT2D eigenvalue weighted by Gasteiger charge is 2.17. The van der Waals surface area contributed by atoms with Crippen molar-refractivity contribution in [2.75, 3.05) is 24.3 Å². The van der Waals surface area contributed by atoms with Crippen LogP contribution >= 0.6 is 0 Å². The molecule has 1 aromatic carbocycles. The van der Waals surface area contributed by atoms with Gasteiger partial charge >= 0.3 is 0 Å². The van der Waals surface area contributed by atoms with Crippen molar-refractivity contribution in [1.82, 2.24) is 0 Å². The molecule has 0 fully saturated rings. The number of carbonyl (C=O) groups excluding carboxylic acids is 2. The lowest BCUT2D eigenvalue weighted by Crippen LogP contribution is -2.36. The highest BCUT2D eigenvalue weighted by Crippen LogP contribution is 2.20. The first kappa shape index (κ1) is 15.1. The fraction of sp³-hybridized carbons (Fsp3) is 0.333. The Hall–Kier alpha value is -1.99. The summed E-state index contributed by atoms with van der Waals surface area (Å²) in [5.41, 5.74) is 5.67. The number of halogens is 1. The Morgan fingerprint density at radius 3 is 2.63 bits per heavy atom. The molecule has 0 aliphatic carbocycles. The van der Waals surface area contributed by atoms with Crippen LogP contribution in [0.3, 0.4) is 0 Å². The van der Waals surface area contributed by atoms with Crippen LogP contribution in [0.15, 0.2) is 18.2 Å². The minimum Gasteiger partial charge on any atom is -0.370 e. The Balaban J connectivity index is 2.87. The molecule has 0 spiro atoms. The van der Waals surface area contributed by atoms with E-state index in [1.165, 1.54) is 26.2 Å². The van der Waals surface area contributed by atoms with Crippen molar-refractivity contribution in [3.8, 4) is 0 Å². The second-order valence-corrected chi connectivity index (χ2v) is 3.83. The molecule has 104 valence electrons. The first-order valence-electron chi connectivity index (χ1n) is 5.58. The molecular formula is C12H16FN3O3. The zero-order chi connectivity index (χ0) is 14.4. The number of anilines is 2. The van der Waals surface area contributed by atoms with Crippen LogP contribution in [0.2, 0.25) is 0 Å². The highest BCUT2D eigenvalue weighted by atomic mass is 19.1. The van der Waals surface area contributed by atoms with E-state index in [0.717, 1.165) is 6.07 Å². The third kappa shape index (κ3) is 4.31. The molecular weight excluding hydrogens is 253 g/mol. The standard InChI is InChI=1S/C12H16FN3O3/c1-7(17)15-8-3-4-9(13)10(5-8)16-12(18)11(6-14)19-2/h3-5,11H,6,14H2,1-2H3,(H,15,17)(H,16,18). The van der Waals surface area contributed by atoms with E-state index in [-0.39, 0.29) is 18.1 Å². The zero-order valence-corrected chi connectivity index (χ0v) is 10.7. The van der Waals surface area contributed by atoms with Crippen molar-refractivity contribution < 1.29 is 18.7 Å². The van der Waals surface area contributed by atoms with Crippen molar-refractivity contribution in [2.24, 2.45) is 5.73 Å². The number of ether oxygens (including phenoxy) is 1. The maximum Gasteiger partial charge on any atom is 0.254 e. The summed E-state index contributed by atoms with van der Waals surface area (Å²) in [6.07, 6.45) is -0.858. The Morgan fingerprint density at radius 1 is 1.42 bits per heavy atom. The number of hydrogen-bond donors (Lipinski definition) is 3. The lowest BCUT2D eigenvalue weighted by atomic mass is 10.2. The van der Waals surface area contributed by atoms with E-state index in [1.54, 1.807) is 0 Å². The van der Waals surface area contributed by atoms with Gasteiger partial charge in [-0.3, -0.25) is 9.59 Å². The molecule has 2 amide bonds. The Labute approximate surface area is 110 Å². The van der Waals surface area contributed by atoms with Gasteiger partial charge in [0.15, 0.2) is 0 Å². The summed E-state index contributed by atoms with van der Waals surface area (Å²) in [5, 5.41) is 4.85. The molecule has 0 aromatic heterocycles. The van der Waals surface area contributed by atoms with Crippen LogP contribution in [0, 0.1) is 5.82 Å². The van der Waals surface area contributed by atoms with Gasteiger partial charge in [-0.25, -0.2) is 4.39 Å². The average molecular weight is 269 g/mol. The minimum atomic E-state index is -0.858. The number of rotatable bonds is 5. The maximum atomic E-state index is 13.5. The van der Waals surface area contributed by atoms with Gasteiger partial charge in [0, 0.05) is 26.3 Å². The zero-order valence-electron chi connectivity index (χ0n) is 10.7. The summed E-state index contributed by atoms with van der Waals surface area (Å²) < 4.78 is 18.4. The molecule has 0 aliphatic heterocycles. The third-order valence-corrected chi connectivity index (χ3v) is 2.34. The molecule has 6 nitrogen and oxygen atoms in total. The average Bonchev–Trinajstić information content (AvgIpc) is 2.34. The van der Waals surface area contributed by atoms with Crippen LogP contribution in [0.1, 0.15) is 6.92 Å². The van der Waals surface area contributed by atoms with Crippen LogP contribution in [-0.4, -0.2) is 31.6 Å². The molecule has 0 saturated heterocycles. The first-order valence-corrected chi connectivity index (χ1v) is 5.58. The van der Waals surface area contributed by atoms with Crippen molar-refractivity contribution in [3.05, 3.63) is 24.0 Å². The lowest BCUT2D eigenvalue weighted by Gasteiger charge is -2.14. The van der Waals surface area contributed by atoms with E-state index in [9.17, 15) is 14.0 Å². The number of benzene rings is 1. The number of hydrogen-bond acceptors (Lipinski definition) is 4. The predicted molar refractivity (Wildman–Crippen MR) is 69.2 cm³/mol. The van der Waals surface area contributed by atoms with Gasteiger partial charge in [-0.1, -0.05) is 0 Å². The van der Waals surface area contributed by atoms with Gasteiger partial charge in [-0.2, -0.15) is 0 Å². The van der Waals surface area contributed by atoms with Crippen LogP contribution in [0.25, 0.3) is 0 Å². The Bertz CT molecular complexity index is 475. The molecule has 0 bridgehead atoms. The monoisotopic (exact) mass is 269 g/mol. The molecule has 7 heteroatoms. The van der Waals surface area contributed by atoms with Crippen molar-refractivity contribution >= 4 is 23.2 Å². The second-order valence-electron chi connectivity index (χ2n) is 3.83. The number of nitrogens with two attached hydrogens (primary N) is 1. The van der Waals surface area contributed by atoms with E-state index >= 15 is 0 Å². The molecule has 1 unspecified atom stereocenters. The van der Waals surface area contributed by atoms with Gasteiger partial charge in [0.25, 0.3) is 5.91 Å². The topological polar surface area (TPSA) is 93.4 Å². The van der Waals surface area contributed by atoms with Crippen LogP contribution in [0.5, 0.6) is 0 Å². The summed E-state index contributed by atoms with van der Waals surface area (Å²) in [5.74, 6) is -1.46. The van der Waals surface area contributed by atoms with Crippen molar-refractivity contribution in [1.29, 1.82) is 0 Å². The molecule has 1 rings (SSSR count). The second kappa shape index (κ2) is 6.81. The molecule has 0 saturated carbocycles. The maximum absolute atomic E-state index is 13.5. The van der Waals surface area contributed by atoms with Crippen molar-refractivity contribution in [2.45, 2.75) is 13.0 Å². The van der Waals surface area contributed by atoms with E-state index in [0.29, 0.717) is 5.69 Å². The lowest BCUT2D eigenvalue weighted by molar-refractivity contribution is -0.125. The minimum absolute atomic E-state index is 0.0185. The van der Waals surface area contributed by atoms with Gasteiger partial charge in [0.2, 0.25) is 5.91 Å². The van der Waals surface area contributed by atoms with Crippen molar-refractivity contribution in [3.63, 3.8) is 0 Å². The van der Waals surface area contributed by atoms with Gasteiger partial charge in [0.05, 0.1) is 5.69 Å². The molecule has 4 N–H and O–H groups in total. The molecule has 1 atom stereocenters. The summed E-state index contributed by atoms with van der Waals surface area (Å²) >= 11 is 0. The molecule has 0 heterocycles. The highest BCUT2D eigenvalue weighted by molar-refractivity contribution is 5.96. The smallest absolute Gasteiger partial charge is 0.254 e. The first-order chi connectivity index (χ1) is 8.97. The number of carbonyl (C=O) groups is 2. The number of methoxy groups -OCH3 is 1. The van der Waals surface area contributed by atoms with Gasteiger partial charge < -0.3 is 21.1 Å². The van der Waals surface area contributed by atoms with E-state index in [1.807, 2.05) is 0 Å². The summed E-state index contributed by atoms with van der Waals surface area (Å²) in [7, 11) is 1.33. The summed E-state index contributed by atoms with van der Waals surface area (Å²) in [6, 6.07) is 3.85. The fourth-order valence-electron chi connectivity index (χ4n) is 1.43. The normalized spacial score (nSPS) is 11.8. The van der Waals surface area contributed by atoms with E-state index in [4.69, 9.17) is 10.5 Å².